The average molecular weight is 394 g/mol. The number of halogens is 2. The third-order valence-corrected chi connectivity index (χ3v) is 5.37. The molecule has 0 saturated heterocycles. The highest BCUT2D eigenvalue weighted by molar-refractivity contribution is 9.10. The molecule has 1 aliphatic rings. The summed E-state index contributed by atoms with van der Waals surface area (Å²) in [5, 5.41) is 0. The van der Waals surface area contributed by atoms with Gasteiger partial charge in [0.25, 0.3) is 0 Å². The van der Waals surface area contributed by atoms with E-state index < -0.39 is 0 Å². The zero-order valence-electron chi connectivity index (χ0n) is 12.3. The van der Waals surface area contributed by atoms with E-state index in [1.807, 2.05) is 30.5 Å². The molecule has 2 atom stereocenters. The molecule has 2 N–H and O–H groups in total. The quantitative estimate of drug-likeness (QED) is 0.845. The summed E-state index contributed by atoms with van der Waals surface area (Å²) in [6.45, 7) is 5.08. The standard InChI is InChI=1S/C15H21BrN2OS.ClH/c1-3-18(15(19)10(2)9-17)13-6-7-20-14-5-4-11(16)8-12(13)14;/h4-5,8,10,13H,3,6-7,9,17H2,1-2H3;1H. The largest absolute Gasteiger partial charge is 0.336 e. The Hall–Kier alpha value is -0.230. The highest BCUT2D eigenvalue weighted by atomic mass is 79.9. The molecule has 0 radical (unpaired) electrons. The van der Waals surface area contributed by atoms with E-state index in [2.05, 4.69) is 34.1 Å². The molecule has 1 amide bonds. The molecule has 118 valence electrons. The van der Waals surface area contributed by atoms with Crippen molar-refractivity contribution in [1.82, 2.24) is 4.90 Å². The third-order valence-electron chi connectivity index (χ3n) is 3.75. The summed E-state index contributed by atoms with van der Waals surface area (Å²) in [4.78, 5) is 15.8. The van der Waals surface area contributed by atoms with Crippen LogP contribution in [0.25, 0.3) is 0 Å². The van der Waals surface area contributed by atoms with Crippen LogP contribution in [0, 0.1) is 5.92 Å². The number of nitrogens with two attached hydrogens (primary N) is 1. The van der Waals surface area contributed by atoms with E-state index in [1.165, 1.54) is 10.5 Å². The summed E-state index contributed by atoms with van der Waals surface area (Å²) in [7, 11) is 0. The summed E-state index contributed by atoms with van der Waals surface area (Å²) < 4.78 is 1.07. The fourth-order valence-corrected chi connectivity index (χ4v) is 4.05. The van der Waals surface area contributed by atoms with Crippen LogP contribution < -0.4 is 5.73 Å². The second-order valence-electron chi connectivity index (χ2n) is 5.10. The Bertz CT molecular complexity index is 501. The molecule has 0 fully saturated rings. The molecular formula is C15H22BrClN2OS. The third kappa shape index (κ3) is 4.15. The van der Waals surface area contributed by atoms with Gasteiger partial charge in [0.05, 0.1) is 6.04 Å². The van der Waals surface area contributed by atoms with Crippen molar-refractivity contribution in [3.63, 3.8) is 0 Å². The molecule has 1 aromatic rings. The average Bonchev–Trinajstić information content (AvgIpc) is 2.47. The maximum Gasteiger partial charge on any atom is 0.227 e. The van der Waals surface area contributed by atoms with E-state index in [-0.39, 0.29) is 30.3 Å². The number of fused-ring (bicyclic) bond motifs is 1. The lowest BCUT2D eigenvalue weighted by Gasteiger charge is -2.36. The van der Waals surface area contributed by atoms with Gasteiger partial charge in [0, 0.05) is 34.1 Å². The van der Waals surface area contributed by atoms with Gasteiger partial charge in [0.15, 0.2) is 0 Å². The molecule has 0 bridgehead atoms. The Balaban J connectivity index is 0.00000220. The van der Waals surface area contributed by atoms with Gasteiger partial charge in [0.2, 0.25) is 5.91 Å². The molecule has 1 aliphatic heterocycles. The summed E-state index contributed by atoms with van der Waals surface area (Å²) >= 11 is 5.41. The Morgan fingerprint density at radius 2 is 2.29 bits per heavy atom. The van der Waals surface area contributed by atoms with Crippen molar-refractivity contribution < 1.29 is 4.79 Å². The lowest BCUT2D eigenvalue weighted by atomic mass is 10.00. The Morgan fingerprint density at radius 3 is 2.90 bits per heavy atom. The number of rotatable bonds is 4. The first-order valence-electron chi connectivity index (χ1n) is 7.01. The van der Waals surface area contributed by atoms with Crippen molar-refractivity contribution >= 4 is 46.0 Å². The van der Waals surface area contributed by atoms with Gasteiger partial charge < -0.3 is 10.6 Å². The first-order valence-corrected chi connectivity index (χ1v) is 8.79. The van der Waals surface area contributed by atoms with E-state index in [1.54, 1.807) is 0 Å². The maximum atomic E-state index is 12.5. The van der Waals surface area contributed by atoms with E-state index in [4.69, 9.17) is 5.73 Å². The number of amides is 1. The van der Waals surface area contributed by atoms with Crippen LogP contribution in [0.3, 0.4) is 0 Å². The molecule has 2 rings (SSSR count). The Labute approximate surface area is 145 Å². The minimum Gasteiger partial charge on any atom is -0.336 e. The molecule has 6 heteroatoms. The maximum absolute atomic E-state index is 12.5. The van der Waals surface area contributed by atoms with Gasteiger partial charge in [-0.2, -0.15) is 0 Å². The van der Waals surface area contributed by atoms with Crippen molar-refractivity contribution in [3.05, 3.63) is 28.2 Å². The molecule has 0 aliphatic carbocycles. The molecule has 1 aromatic carbocycles. The fourth-order valence-electron chi connectivity index (χ4n) is 2.58. The number of hydrogen-bond donors (Lipinski definition) is 1. The molecule has 1 heterocycles. The highest BCUT2D eigenvalue weighted by Crippen LogP contribution is 2.40. The molecular weight excluding hydrogens is 372 g/mol. The fraction of sp³-hybridized carbons (Fsp3) is 0.533. The van der Waals surface area contributed by atoms with Crippen LogP contribution in [0.4, 0.5) is 0 Å². The molecule has 3 nitrogen and oxygen atoms in total. The number of nitrogens with zero attached hydrogens (tertiary/aromatic N) is 1. The number of benzene rings is 1. The summed E-state index contributed by atoms with van der Waals surface area (Å²) in [5.41, 5.74) is 6.91. The Kier molecular flexibility index (Phi) is 7.54. The van der Waals surface area contributed by atoms with Crippen molar-refractivity contribution in [3.8, 4) is 0 Å². The van der Waals surface area contributed by atoms with E-state index >= 15 is 0 Å². The van der Waals surface area contributed by atoms with Crippen molar-refractivity contribution in [2.45, 2.75) is 31.2 Å². The van der Waals surface area contributed by atoms with Crippen LogP contribution >= 0.6 is 40.1 Å². The highest BCUT2D eigenvalue weighted by Gasteiger charge is 2.30. The predicted molar refractivity (Wildman–Crippen MR) is 95.1 cm³/mol. The second-order valence-corrected chi connectivity index (χ2v) is 7.15. The number of carbonyl (C=O) groups excluding carboxylic acids is 1. The molecule has 21 heavy (non-hydrogen) atoms. The van der Waals surface area contributed by atoms with Crippen molar-refractivity contribution in [2.75, 3.05) is 18.8 Å². The van der Waals surface area contributed by atoms with Crippen LogP contribution in [0.1, 0.15) is 31.9 Å². The first-order chi connectivity index (χ1) is 9.58. The molecule has 2 unspecified atom stereocenters. The van der Waals surface area contributed by atoms with E-state index in [0.29, 0.717) is 6.54 Å². The van der Waals surface area contributed by atoms with Crippen LogP contribution in [-0.2, 0) is 4.79 Å². The predicted octanol–water partition coefficient (Wildman–Crippen LogP) is 3.85. The van der Waals surface area contributed by atoms with Gasteiger partial charge in [-0.05, 0) is 37.1 Å². The van der Waals surface area contributed by atoms with Gasteiger partial charge in [-0.15, -0.1) is 24.2 Å². The topological polar surface area (TPSA) is 46.3 Å². The van der Waals surface area contributed by atoms with Crippen LogP contribution in [0.5, 0.6) is 0 Å². The smallest absolute Gasteiger partial charge is 0.227 e. The number of thioether (sulfide) groups is 1. The van der Waals surface area contributed by atoms with Gasteiger partial charge >= 0.3 is 0 Å². The van der Waals surface area contributed by atoms with Gasteiger partial charge in [-0.3, -0.25) is 4.79 Å². The Morgan fingerprint density at radius 1 is 1.57 bits per heavy atom. The van der Waals surface area contributed by atoms with Crippen molar-refractivity contribution in [2.24, 2.45) is 11.7 Å². The second kappa shape index (κ2) is 8.42. The summed E-state index contributed by atoms with van der Waals surface area (Å²) in [6, 6.07) is 6.53. The van der Waals surface area contributed by atoms with E-state index in [9.17, 15) is 4.79 Å². The van der Waals surface area contributed by atoms with Gasteiger partial charge in [0.1, 0.15) is 0 Å². The summed E-state index contributed by atoms with van der Waals surface area (Å²) in [6.07, 6.45) is 1.00. The van der Waals surface area contributed by atoms with Gasteiger partial charge in [-0.1, -0.05) is 22.9 Å². The van der Waals surface area contributed by atoms with E-state index in [0.717, 1.165) is 23.2 Å². The lowest BCUT2D eigenvalue weighted by Crippen LogP contribution is -2.41. The summed E-state index contributed by atoms with van der Waals surface area (Å²) in [5.74, 6) is 1.11. The first kappa shape index (κ1) is 18.8. The number of carbonyl (C=O) groups is 1. The minimum atomic E-state index is -0.111. The SMILES string of the molecule is CCN(C(=O)C(C)CN)C1CCSc2ccc(Br)cc21.Cl. The van der Waals surface area contributed by atoms with Crippen LogP contribution in [0.15, 0.2) is 27.6 Å². The van der Waals surface area contributed by atoms with Crippen molar-refractivity contribution in [1.29, 1.82) is 0 Å². The van der Waals surface area contributed by atoms with Crippen LogP contribution in [-0.4, -0.2) is 29.6 Å². The monoisotopic (exact) mass is 392 g/mol. The van der Waals surface area contributed by atoms with Gasteiger partial charge in [-0.25, -0.2) is 0 Å². The molecule has 0 spiro atoms. The lowest BCUT2D eigenvalue weighted by molar-refractivity contribution is -0.137. The zero-order chi connectivity index (χ0) is 14.7. The molecule has 0 aromatic heterocycles. The van der Waals surface area contributed by atoms with Crippen LogP contribution in [0.2, 0.25) is 0 Å². The zero-order valence-corrected chi connectivity index (χ0v) is 15.6. The minimum absolute atomic E-state index is 0. The molecule has 0 saturated carbocycles. The normalized spacial score (nSPS) is 18.4. The number of hydrogen-bond acceptors (Lipinski definition) is 3.